The van der Waals surface area contributed by atoms with E-state index in [1.54, 1.807) is 0 Å². The number of benzene rings is 8. The van der Waals surface area contributed by atoms with Gasteiger partial charge in [-0.25, -0.2) is 0 Å². The molecule has 1 unspecified atom stereocenters. The van der Waals surface area contributed by atoms with Crippen LogP contribution in [0, 0.1) is 0 Å². The number of nitrogens with zero attached hydrogens (tertiary/aromatic N) is 1. The number of hydrogen-bond donors (Lipinski definition) is 1. The average Bonchev–Trinajstić information content (AvgIpc) is 3.86. The van der Waals surface area contributed by atoms with Crippen molar-refractivity contribution in [1.82, 2.24) is 0 Å². The number of nitrogens with one attached hydrogen (secondary N) is 1. The molecule has 0 amide bonds. The first-order chi connectivity index (χ1) is 29.1. The highest BCUT2D eigenvalue weighted by molar-refractivity contribution is 8.00. The molecule has 1 heterocycles. The lowest BCUT2D eigenvalue weighted by Crippen LogP contribution is -2.23. The van der Waals surface area contributed by atoms with Gasteiger partial charge in [-0.15, -0.1) is 0 Å². The summed E-state index contributed by atoms with van der Waals surface area (Å²) in [5.41, 5.74) is 18.8. The van der Waals surface area contributed by atoms with Crippen LogP contribution in [0.4, 0.5) is 22.7 Å². The molecule has 8 aromatic rings. The van der Waals surface area contributed by atoms with E-state index < -0.39 is 0 Å². The molecular weight excluding hydrogens is 733 g/mol. The van der Waals surface area contributed by atoms with E-state index in [9.17, 15) is 0 Å². The maximum atomic E-state index is 3.78. The smallest absolute Gasteiger partial charge is 0.103 e. The quantitative estimate of drug-likeness (QED) is 0.139. The molecule has 0 fully saturated rings. The van der Waals surface area contributed by atoms with Gasteiger partial charge in [-0.05, 0) is 129 Å². The molecule has 2 nitrogen and oxygen atoms in total. The summed E-state index contributed by atoms with van der Waals surface area (Å²) < 4.78 is 0. The third-order valence-corrected chi connectivity index (χ3v) is 13.6. The Bertz CT molecular complexity index is 2720. The van der Waals surface area contributed by atoms with E-state index in [0.29, 0.717) is 0 Å². The van der Waals surface area contributed by atoms with Crippen LogP contribution in [0.25, 0.3) is 45.5 Å². The number of hydrogen-bond acceptors (Lipinski definition) is 3. The van der Waals surface area contributed by atoms with Crippen molar-refractivity contribution in [2.45, 2.75) is 42.4 Å². The predicted molar refractivity (Wildman–Crippen MR) is 253 cm³/mol. The monoisotopic (exact) mass is 778 g/mol. The van der Waals surface area contributed by atoms with Crippen molar-refractivity contribution in [2.75, 3.05) is 10.2 Å². The minimum absolute atomic E-state index is 0.0644. The van der Waals surface area contributed by atoms with Crippen LogP contribution in [0.3, 0.4) is 0 Å². The highest BCUT2D eigenvalue weighted by Crippen LogP contribution is 2.55. The number of rotatable bonds is 10. The number of thioether (sulfide) groups is 1. The summed E-state index contributed by atoms with van der Waals surface area (Å²) in [5.74, 6) is 0. The van der Waals surface area contributed by atoms with Crippen molar-refractivity contribution in [3.05, 3.63) is 222 Å². The zero-order valence-electron chi connectivity index (χ0n) is 33.5. The molecule has 1 N–H and O–H groups in total. The molecule has 3 heteroatoms. The van der Waals surface area contributed by atoms with Crippen molar-refractivity contribution in [2.24, 2.45) is 0 Å². The fourth-order valence-corrected chi connectivity index (χ4v) is 10.5. The minimum atomic E-state index is -0.0644. The molecule has 1 aliphatic heterocycles. The molecule has 0 saturated carbocycles. The lowest BCUT2D eigenvalue weighted by molar-refractivity contribution is 0.490. The first kappa shape index (κ1) is 36.8. The SMILES string of the molecule is CCC1(CC)c2cc(/C=C/c3ccc(-c4cc(-c5ccccc5)ccc4C4Nc5ccccc5S4)cc3)ccc2-c2ccc(N(c3ccccc3)c3ccccc3)cc21. The fourth-order valence-electron chi connectivity index (χ4n) is 9.30. The molecule has 0 aromatic heterocycles. The highest BCUT2D eigenvalue weighted by Gasteiger charge is 2.41. The molecular formula is C56H46N2S. The van der Waals surface area contributed by atoms with Crippen molar-refractivity contribution in [3.63, 3.8) is 0 Å². The van der Waals surface area contributed by atoms with E-state index in [4.69, 9.17) is 0 Å². The van der Waals surface area contributed by atoms with E-state index in [1.807, 2.05) is 11.8 Å². The summed E-state index contributed by atoms with van der Waals surface area (Å²) in [6.45, 7) is 4.71. The van der Waals surface area contributed by atoms with E-state index in [2.05, 4.69) is 230 Å². The van der Waals surface area contributed by atoms with Crippen molar-refractivity contribution in [1.29, 1.82) is 0 Å². The minimum Gasteiger partial charge on any atom is -0.368 e. The van der Waals surface area contributed by atoms with Crippen LogP contribution in [0.1, 0.15) is 59.9 Å². The van der Waals surface area contributed by atoms with E-state index in [-0.39, 0.29) is 10.8 Å². The molecule has 59 heavy (non-hydrogen) atoms. The average molecular weight is 779 g/mol. The van der Waals surface area contributed by atoms with Crippen LogP contribution in [0.5, 0.6) is 0 Å². The first-order valence-electron chi connectivity index (χ1n) is 20.8. The zero-order valence-corrected chi connectivity index (χ0v) is 34.3. The third kappa shape index (κ3) is 6.76. The van der Waals surface area contributed by atoms with E-state index >= 15 is 0 Å². The molecule has 0 saturated heterocycles. The van der Waals surface area contributed by atoms with Crippen LogP contribution in [-0.4, -0.2) is 0 Å². The van der Waals surface area contributed by atoms with Gasteiger partial charge in [0.15, 0.2) is 0 Å². The number of para-hydroxylation sites is 3. The first-order valence-corrected chi connectivity index (χ1v) is 21.7. The topological polar surface area (TPSA) is 15.3 Å². The second-order valence-electron chi connectivity index (χ2n) is 15.6. The Morgan fingerprint density at radius 1 is 0.492 bits per heavy atom. The maximum Gasteiger partial charge on any atom is 0.103 e. The van der Waals surface area contributed by atoms with Crippen molar-refractivity contribution < 1.29 is 0 Å². The lowest BCUT2D eigenvalue weighted by Gasteiger charge is -2.32. The standard InChI is InChI=1S/C56H46N2S/c1-3-56(4-2)51-36-40(28-33-47(51)48-35-32-46(38-52(48)56)58(44-18-10-6-11-19-44)45-20-12-7-13-21-45)25-24-39-26-29-42(30-27-39)50-37-43(41-16-8-5-9-17-41)31-34-49(50)55-57-53-22-14-15-23-54(53)59-55/h5-38,55,57H,3-4H2,1-2H3/b25-24+. The van der Waals surface area contributed by atoms with Gasteiger partial charge in [-0.2, -0.15) is 0 Å². The van der Waals surface area contributed by atoms with Crippen LogP contribution in [0.2, 0.25) is 0 Å². The Morgan fingerprint density at radius 2 is 1.07 bits per heavy atom. The van der Waals surface area contributed by atoms with E-state index in [1.165, 1.54) is 77.5 Å². The molecule has 2 aliphatic rings. The van der Waals surface area contributed by atoms with Gasteiger partial charge in [0.25, 0.3) is 0 Å². The van der Waals surface area contributed by atoms with Crippen molar-refractivity contribution >= 4 is 46.7 Å². The van der Waals surface area contributed by atoms with Gasteiger partial charge in [0.1, 0.15) is 5.37 Å². The Kier molecular flexibility index (Phi) is 9.76. The zero-order chi connectivity index (χ0) is 39.8. The largest absolute Gasteiger partial charge is 0.368 e. The summed E-state index contributed by atoms with van der Waals surface area (Å²) in [6.07, 6.45) is 6.61. The van der Waals surface area contributed by atoms with Crippen LogP contribution in [-0.2, 0) is 5.41 Å². The summed E-state index contributed by atoms with van der Waals surface area (Å²) >= 11 is 1.89. The predicted octanol–water partition coefficient (Wildman–Crippen LogP) is 16.0. The van der Waals surface area contributed by atoms with Crippen LogP contribution >= 0.6 is 11.8 Å². The Labute approximate surface area is 352 Å². The number of fused-ring (bicyclic) bond motifs is 4. The van der Waals surface area contributed by atoms with Gasteiger partial charge in [0.05, 0.1) is 0 Å². The van der Waals surface area contributed by atoms with Crippen LogP contribution in [0.15, 0.2) is 199 Å². The van der Waals surface area contributed by atoms with Gasteiger partial charge in [0.2, 0.25) is 0 Å². The highest BCUT2D eigenvalue weighted by atomic mass is 32.2. The fraction of sp³-hybridized carbons (Fsp3) is 0.107. The summed E-state index contributed by atoms with van der Waals surface area (Å²) in [4.78, 5) is 3.67. The van der Waals surface area contributed by atoms with Gasteiger partial charge >= 0.3 is 0 Å². The van der Waals surface area contributed by atoms with Crippen LogP contribution < -0.4 is 10.2 Å². The van der Waals surface area contributed by atoms with E-state index in [0.717, 1.165) is 24.2 Å². The second kappa shape index (κ2) is 15.7. The second-order valence-corrected chi connectivity index (χ2v) is 16.7. The Hall–Kier alpha value is -6.55. The molecule has 0 bridgehead atoms. The maximum absolute atomic E-state index is 3.78. The van der Waals surface area contributed by atoms with Gasteiger partial charge < -0.3 is 10.2 Å². The third-order valence-electron chi connectivity index (χ3n) is 12.4. The molecule has 1 aliphatic carbocycles. The van der Waals surface area contributed by atoms with Gasteiger partial charge in [-0.3, -0.25) is 0 Å². The lowest BCUT2D eigenvalue weighted by atomic mass is 9.73. The van der Waals surface area contributed by atoms with Gasteiger partial charge in [-0.1, -0.05) is 177 Å². The summed E-state index contributed by atoms with van der Waals surface area (Å²) in [5, 5.41) is 3.93. The van der Waals surface area contributed by atoms with Crippen molar-refractivity contribution in [3.8, 4) is 33.4 Å². The molecule has 0 radical (unpaired) electrons. The Balaban J connectivity index is 0.953. The molecule has 0 spiro atoms. The summed E-state index contributed by atoms with van der Waals surface area (Å²) in [7, 11) is 0. The molecule has 286 valence electrons. The normalized spacial score (nSPS) is 14.7. The molecule has 10 rings (SSSR count). The Morgan fingerprint density at radius 3 is 1.75 bits per heavy atom. The molecule has 1 atom stereocenters. The van der Waals surface area contributed by atoms with Gasteiger partial charge in [0, 0.05) is 33.1 Å². The summed E-state index contributed by atoms with van der Waals surface area (Å²) in [6, 6.07) is 70.9. The number of anilines is 4. The molecule has 8 aromatic carbocycles.